The van der Waals surface area contributed by atoms with E-state index in [0.717, 1.165) is 37.0 Å². The van der Waals surface area contributed by atoms with E-state index in [4.69, 9.17) is 4.74 Å². The van der Waals surface area contributed by atoms with Crippen LogP contribution >= 0.6 is 0 Å². The first-order chi connectivity index (χ1) is 10.6. The molecule has 2 aromatic carbocycles. The van der Waals surface area contributed by atoms with E-state index in [0.29, 0.717) is 11.6 Å². The summed E-state index contributed by atoms with van der Waals surface area (Å²) in [5, 5.41) is 0. The highest BCUT2D eigenvalue weighted by Gasteiger charge is 2.12. The molecule has 4 heteroatoms. The van der Waals surface area contributed by atoms with Crippen LogP contribution in [-0.4, -0.2) is 5.97 Å². The van der Waals surface area contributed by atoms with Crippen LogP contribution in [0.3, 0.4) is 0 Å². The van der Waals surface area contributed by atoms with Gasteiger partial charge in [0.15, 0.2) is 11.6 Å². The number of aryl methyl sites for hydroxylation is 1. The second kappa shape index (κ2) is 7.69. The van der Waals surface area contributed by atoms with Gasteiger partial charge < -0.3 is 4.74 Å². The number of carbonyl (C=O) groups excluding carboxylic acids is 1. The highest BCUT2D eigenvalue weighted by atomic mass is 19.1. The number of hydrogen-bond acceptors (Lipinski definition) is 2. The molecule has 0 unspecified atom stereocenters. The average Bonchev–Trinajstić information content (AvgIpc) is 2.51. The molecular weight excluding hydrogens is 286 g/mol. The van der Waals surface area contributed by atoms with Gasteiger partial charge in [-0.15, -0.1) is 0 Å². The van der Waals surface area contributed by atoms with E-state index in [9.17, 15) is 13.6 Å². The van der Waals surface area contributed by atoms with Crippen LogP contribution in [0.15, 0.2) is 42.5 Å². The summed E-state index contributed by atoms with van der Waals surface area (Å²) < 4.78 is 31.2. The van der Waals surface area contributed by atoms with Gasteiger partial charge in [-0.25, -0.2) is 13.6 Å². The number of benzene rings is 2. The summed E-state index contributed by atoms with van der Waals surface area (Å²) in [6.07, 6.45) is 4.41. The zero-order valence-corrected chi connectivity index (χ0v) is 12.4. The van der Waals surface area contributed by atoms with Crippen LogP contribution in [0.5, 0.6) is 5.75 Å². The predicted octanol–water partition coefficient (Wildman–Crippen LogP) is 4.92. The highest BCUT2D eigenvalue weighted by Crippen LogP contribution is 2.19. The molecule has 2 rings (SSSR count). The van der Waals surface area contributed by atoms with Gasteiger partial charge in [0, 0.05) is 6.07 Å². The fourth-order valence-corrected chi connectivity index (χ4v) is 2.10. The molecule has 0 atom stereocenters. The summed E-state index contributed by atoms with van der Waals surface area (Å²) >= 11 is 0. The van der Waals surface area contributed by atoms with E-state index in [1.54, 1.807) is 12.1 Å². The Balaban J connectivity index is 2.00. The fourth-order valence-electron chi connectivity index (χ4n) is 2.10. The number of halogens is 2. The molecule has 22 heavy (non-hydrogen) atoms. The maximum Gasteiger partial charge on any atom is 0.343 e. The summed E-state index contributed by atoms with van der Waals surface area (Å²) in [6, 6.07) is 9.88. The van der Waals surface area contributed by atoms with Gasteiger partial charge in [-0.1, -0.05) is 31.9 Å². The number of unbranched alkanes of at least 4 members (excludes halogenated alkanes) is 2. The number of rotatable bonds is 6. The molecule has 0 heterocycles. The van der Waals surface area contributed by atoms with Crippen LogP contribution in [0.25, 0.3) is 0 Å². The van der Waals surface area contributed by atoms with Crippen LogP contribution in [0.4, 0.5) is 8.78 Å². The third-order valence-electron chi connectivity index (χ3n) is 3.36. The van der Waals surface area contributed by atoms with E-state index in [1.165, 1.54) is 6.42 Å². The molecule has 0 aromatic heterocycles. The Morgan fingerprint density at radius 1 is 1.05 bits per heavy atom. The lowest BCUT2D eigenvalue weighted by Gasteiger charge is -2.06. The average molecular weight is 304 g/mol. The molecule has 0 fully saturated rings. The highest BCUT2D eigenvalue weighted by molar-refractivity contribution is 5.91. The molecule has 0 bridgehead atoms. The van der Waals surface area contributed by atoms with Crippen molar-refractivity contribution in [2.24, 2.45) is 0 Å². The minimum Gasteiger partial charge on any atom is -0.420 e. The van der Waals surface area contributed by atoms with E-state index >= 15 is 0 Å². The van der Waals surface area contributed by atoms with Crippen molar-refractivity contribution in [2.45, 2.75) is 32.6 Å². The molecule has 0 saturated carbocycles. The number of carbonyl (C=O) groups is 1. The first-order valence-corrected chi connectivity index (χ1v) is 7.36. The zero-order valence-electron chi connectivity index (χ0n) is 12.4. The Morgan fingerprint density at radius 2 is 1.77 bits per heavy atom. The molecule has 2 nitrogen and oxygen atoms in total. The fraction of sp³-hybridized carbons (Fsp3) is 0.278. The van der Waals surface area contributed by atoms with Gasteiger partial charge in [0.25, 0.3) is 0 Å². The van der Waals surface area contributed by atoms with E-state index in [-0.39, 0.29) is 5.75 Å². The van der Waals surface area contributed by atoms with Crippen molar-refractivity contribution in [3.05, 3.63) is 65.2 Å². The molecule has 0 aliphatic rings. The standard InChI is InChI=1S/C18H18F2O2/c1-2-3-4-5-13-6-8-14(9-7-13)18(21)22-17-11-10-15(19)12-16(17)20/h6-12H,2-5H2,1H3. The lowest BCUT2D eigenvalue weighted by Crippen LogP contribution is -2.09. The summed E-state index contributed by atoms with van der Waals surface area (Å²) in [4.78, 5) is 11.9. The van der Waals surface area contributed by atoms with Gasteiger partial charge in [-0.2, -0.15) is 0 Å². The van der Waals surface area contributed by atoms with Crippen molar-refractivity contribution < 1.29 is 18.3 Å². The van der Waals surface area contributed by atoms with Gasteiger partial charge in [0.05, 0.1) is 5.56 Å². The summed E-state index contributed by atoms with van der Waals surface area (Å²) in [7, 11) is 0. The lowest BCUT2D eigenvalue weighted by molar-refractivity contribution is 0.0727. The second-order valence-electron chi connectivity index (χ2n) is 5.12. The van der Waals surface area contributed by atoms with Crippen LogP contribution < -0.4 is 4.74 Å². The summed E-state index contributed by atoms with van der Waals surface area (Å²) in [6.45, 7) is 2.15. The molecular formula is C18H18F2O2. The first-order valence-electron chi connectivity index (χ1n) is 7.36. The third kappa shape index (κ3) is 4.38. The molecule has 2 aromatic rings. The largest absolute Gasteiger partial charge is 0.420 e. The summed E-state index contributed by atoms with van der Waals surface area (Å²) in [5.74, 6) is -2.55. The molecule has 0 aliphatic carbocycles. The van der Waals surface area contributed by atoms with Gasteiger partial charge in [-0.3, -0.25) is 0 Å². The molecule has 0 N–H and O–H groups in total. The maximum atomic E-state index is 13.4. The summed E-state index contributed by atoms with van der Waals surface area (Å²) in [5.41, 5.74) is 1.49. The predicted molar refractivity (Wildman–Crippen MR) is 81.0 cm³/mol. The van der Waals surface area contributed by atoms with Gasteiger partial charge in [0.2, 0.25) is 0 Å². The number of ether oxygens (including phenoxy) is 1. The van der Waals surface area contributed by atoms with Crippen molar-refractivity contribution in [3.63, 3.8) is 0 Å². The molecule has 0 spiro atoms. The monoisotopic (exact) mass is 304 g/mol. The van der Waals surface area contributed by atoms with Crippen LogP contribution in [0.2, 0.25) is 0 Å². The second-order valence-corrected chi connectivity index (χ2v) is 5.12. The maximum absolute atomic E-state index is 13.4. The number of hydrogen-bond donors (Lipinski definition) is 0. The van der Waals surface area contributed by atoms with Crippen molar-refractivity contribution in [1.29, 1.82) is 0 Å². The molecule has 0 saturated heterocycles. The van der Waals surface area contributed by atoms with Crippen LogP contribution in [0.1, 0.15) is 42.1 Å². The smallest absolute Gasteiger partial charge is 0.343 e. The van der Waals surface area contributed by atoms with Crippen molar-refractivity contribution in [3.8, 4) is 5.75 Å². The van der Waals surface area contributed by atoms with Gasteiger partial charge >= 0.3 is 5.97 Å². The Labute approximate surface area is 128 Å². The Morgan fingerprint density at radius 3 is 2.41 bits per heavy atom. The zero-order chi connectivity index (χ0) is 15.9. The van der Waals surface area contributed by atoms with Crippen molar-refractivity contribution in [1.82, 2.24) is 0 Å². The Kier molecular flexibility index (Phi) is 5.64. The molecule has 0 amide bonds. The Bertz CT molecular complexity index is 636. The molecule has 0 radical (unpaired) electrons. The van der Waals surface area contributed by atoms with Crippen molar-refractivity contribution >= 4 is 5.97 Å². The van der Waals surface area contributed by atoms with E-state index in [2.05, 4.69) is 6.92 Å². The number of esters is 1. The molecule has 0 aliphatic heterocycles. The molecule has 116 valence electrons. The first kappa shape index (κ1) is 16.1. The quantitative estimate of drug-likeness (QED) is 0.430. The van der Waals surface area contributed by atoms with Crippen molar-refractivity contribution in [2.75, 3.05) is 0 Å². The van der Waals surface area contributed by atoms with Crippen LogP contribution in [-0.2, 0) is 6.42 Å². The Hall–Kier alpha value is -2.23. The topological polar surface area (TPSA) is 26.3 Å². The van der Waals surface area contributed by atoms with Crippen LogP contribution in [0, 0.1) is 11.6 Å². The minimum absolute atomic E-state index is 0.279. The third-order valence-corrected chi connectivity index (χ3v) is 3.36. The van der Waals surface area contributed by atoms with E-state index < -0.39 is 17.6 Å². The normalized spacial score (nSPS) is 10.5. The van der Waals surface area contributed by atoms with E-state index in [1.807, 2.05) is 12.1 Å². The SMILES string of the molecule is CCCCCc1ccc(C(=O)Oc2ccc(F)cc2F)cc1. The lowest BCUT2D eigenvalue weighted by atomic mass is 10.1. The van der Waals surface area contributed by atoms with Gasteiger partial charge in [-0.05, 0) is 42.7 Å². The van der Waals surface area contributed by atoms with Gasteiger partial charge in [0.1, 0.15) is 5.82 Å². The minimum atomic E-state index is -0.899.